The van der Waals surface area contributed by atoms with Crippen molar-refractivity contribution >= 4 is 17.3 Å². The number of nitrogens with zero attached hydrogens (tertiary/aromatic N) is 1. The average molecular weight is 257 g/mol. The standard InChI is InChI=1S/C10H13ClN4O2/c11-6-5(3-13-15-10(6)16)14-8-7(12)4-1-2-17-9(4)8/h3-4,7-9H,1-2,12H2,(H2,14,15,16). The highest BCUT2D eigenvalue weighted by atomic mass is 35.5. The van der Waals surface area contributed by atoms with Crippen molar-refractivity contribution in [1.29, 1.82) is 0 Å². The van der Waals surface area contributed by atoms with Crippen LogP contribution in [-0.4, -0.2) is 35.0 Å². The third-order valence-electron chi connectivity index (χ3n) is 3.56. The molecule has 17 heavy (non-hydrogen) atoms. The molecule has 92 valence electrons. The lowest BCUT2D eigenvalue weighted by atomic mass is 9.72. The second-order valence-electron chi connectivity index (χ2n) is 4.46. The summed E-state index contributed by atoms with van der Waals surface area (Å²) in [7, 11) is 0. The number of nitrogens with two attached hydrogens (primary N) is 1. The summed E-state index contributed by atoms with van der Waals surface area (Å²) in [5.74, 6) is 0.418. The number of H-pyrrole nitrogens is 1. The first-order chi connectivity index (χ1) is 8.18. The van der Waals surface area contributed by atoms with Crippen LogP contribution in [-0.2, 0) is 4.74 Å². The fourth-order valence-electron chi connectivity index (χ4n) is 2.59. The molecule has 3 rings (SSSR count). The van der Waals surface area contributed by atoms with Gasteiger partial charge in [0.05, 0.1) is 24.0 Å². The number of ether oxygens (including phenoxy) is 1. The molecule has 1 aliphatic carbocycles. The Labute approximate surface area is 102 Å². The summed E-state index contributed by atoms with van der Waals surface area (Å²) in [5.41, 5.74) is 6.15. The van der Waals surface area contributed by atoms with Crippen LogP contribution in [0.1, 0.15) is 6.42 Å². The van der Waals surface area contributed by atoms with Crippen LogP contribution >= 0.6 is 11.6 Å². The van der Waals surface area contributed by atoms with E-state index in [0.717, 1.165) is 13.0 Å². The van der Waals surface area contributed by atoms with Gasteiger partial charge in [-0.3, -0.25) is 4.79 Å². The molecule has 4 N–H and O–H groups in total. The fraction of sp³-hybridized carbons (Fsp3) is 0.600. The Kier molecular flexibility index (Phi) is 2.57. The van der Waals surface area contributed by atoms with Gasteiger partial charge in [-0.25, -0.2) is 5.10 Å². The van der Waals surface area contributed by atoms with Crippen molar-refractivity contribution in [3.8, 4) is 0 Å². The van der Waals surface area contributed by atoms with Crippen molar-refractivity contribution in [2.75, 3.05) is 11.9 Å². The minimum atomic E-state index is -0.409. The van der Waals surface area contributed by atoms with Gasteiger partial charge in [0.2, 0.25) is 0 Å². The molecule has 0 aromatic carbocycles. The van der Waals surface area contributed by atoms with Gasteiger partial charge in [-0.05, 0) is 6.42 Å². The summed E-state index contributed by atoms with van der Waals surface area (Å²) in [4.78, 5) is 11.3. The molecule has 1 aromatic rings. The molecule has 4 atom stereocenters. The zero-order valence-corrected chi connectivity index (χ0v) is 9.78. The number of hydrogen-bond acceptors (Lipinski definition) is 5. The van der Waals surface area contributed by atoms with E-state index in [9.17, 15) is 4.79 Å². The molecule has 2 heterocycles. The molecule has 1 saturated carbocycles. The summed E-state index contributed by atoms with van der Waals surface area (Å²) >= 11 is 5.88. The van der Waals surface area contributed by atoms with Crippen LogP contribution in [0.2, 0.25) is 5.02 Å². The topological polar surface area (TPSA) is 93.0 Å². The lowest BCUT2D eigenvalue weighted by Gasteiger charge is -2.46. The van der Waals surface area contributed by atoms with Gasteiger partial charge in [0.25, 0.3) is 5.56 Å². The molecule has 0 bridgehead atoms. The maximum absolute atomic E-state index is 11.3. The van der Waals surface area contributed by atoms with Gasteiger partial charge in [-0.2, -0.15) is 5.10 Å². The van der Waals surface area contributed by atoms with Crippen molar-refractivity contribution in [2.45, 2.75) is 24.6 Å². The number of nitrogens with one attached hydrogen (secondary N) is 2. The molecule has 6 nitrogen and oxygen atoms in total. The third kappa shape index (κ3) is 1.64. The van der Waals surface area contributed by atoms with E-state index in [1.54, 1.807) is 0 Å². The number of fused-ring (bicyclic) bond motifs is 1. The summed E-state index contributed by atoms with van der Waals surface area (Å²) in [6.45, 7) is 0.753. The highest BCUT2D eigenvalue weighted by molar-refractivity contribution is 6.32. The quantitative estimate of drug-likeness (QED) is 0.690. The van der Waals surface area contributed by atoms with E-state index >= 15 is 0 Å². The lowest BCUT2D eigenvalue weighted by Crippen LogP contribution is -2.65. The van der Waals surface area contributed by atoms with Crippen LogP contribution < -0.4 is 16.6 Å². The highest BCUT2D eigenvalue weighted by Crippen LogP contribution is 2.39. The molecule has 0 radical (unpaired) electrons. The Hall–Kier alpha value is -1.11. The minimum Gasteiger partial charge on any atom is -0.376 e. The van der Waals surface area contributed by atoms with Gasteiger partial charge in [0, 0.05) is 18.6 Å². The molecule has 0 spiro atoms. The van der Waals surface area contributed by atoms with Crippen molar-refractivity contribution in [3.63, 3.8) is 0 Å². The number of aromatic amines is 1. The van der Waals surface area contributed by atoms with Crippen molar-refractivity contribution in [1.82, 2.24) is 10.2 Å². The lowest BCUT2D eigenvalue weighted by molar-refractivity contribution is 0.00536. The van der Waals surface area contributed by atoms with E-state index in [4.69, 9.17) is 22.1 Å². The van der Waals surface area contributed by atoms with Gasteiger partial charge in [-0.1, -0.05) is 11.6 Å². The molecular weight excluding hydrogens is 244 g/mol. The number of anilines is 1. The Bertz CT molecular complexity index is 491. The van der Waals surface area contributed by atoms with Crippen LogP contribution in [0.25, 0.3) is 0 Å². The monoisotopic (exact) mass is 256 g/mol. The molecular formula is C10H13ClN4O2. The molecule has 7 heteroatoms. The fourth-order valence-corrected chi connectivity index (χ4v) is 2.74. The number of halogens is 1. The van der Waals surface area contributed by atoms with Gasteiger partial charge >= 0.3 is 0 Å². The van der Waals surface area contributed by atoms with E-state index < -0.39 is 5.56 Å². The zero-order chi connectivity index (χ0) is 12.0. The Morgan fingerprint density at radius 3 is 3.29 bits per heavy atom. The maximum atomic E-state index is 11.3. The van der Waals surface area contributed by atoms with Crippen LogP contribution in [0.4, 0.5) is 5.69 Å². The predicted molar refractivity (Wildman–Crippen MR) is 63.1 cm³/mol. The maximum Gasteiger partial charge on any atom is 0.285 e. The largest absolute Gasteiger partial charge is 0.376 e. The molecule has 1 saturated heterocycles. The second-order valence-corrected chi connectivity index (χ2v) is 4.84. The Balaban J connectivity index is 1.79. The van der Waals surface area contributed by atoms with E-state index in [1.807, 2.05) is 0 Å². The first-order valence-electron chi connectivity index (χ1n) is 5.55. The summed E-state index contributed by atoms with van der Waals surface area (Å²) in [6, 6.07) is 0.0430. The van der Waals surface area contributed by atoms with Crippen LogP contribution in [0.15, 0.2) is 11.0 Å². The third-order valence-corrected chi connectivity index (χ3v) is 3.94. The number of aromatic nitrogens is 2. The number of rotatable bonds is 2. The van der Waals surface area contributed by atoms with E-state index in [1.165, 1.54) is 6.20 Å². The van der Waals surface area contributed by atoms with Crippen molar-refractivity contribution < 1.29 is 4.74 Å². The first kappa shape index (κ1) is 11.0. The minimum absolute atomic E-state index is 0.00333. The average Bonchev–Trinajstić information content (AvgIpc) is 2.75. The summed E-state index contributed by atoms with van der Waals surface area (Å²) in [6.07, 6.45) is 2.62. The van der Waals surface area contributed by atoms with Crippen LogP contribution in [0.3, 0.4) is 0 Å². The van der Waals surface area contributed by atoms with Crippen molar-refractivity contribution in [3.05, 3.63) is 21.6 Å². The van der Waals surface area contributed by atoms with Gasteiger partial charge < -0.3 is 15.8 Å². The first-order valence-corrected chi connectivity index (χ1v) is 5.93. The Morgan fingerprint density at radius 2 is 2.47 bits per heavy atom. The molecule has 1 aliphatic heterocycles. The predicted octanol–water partition coefficient (Wildman–Crippen LogP) is -0.0502. The zero-order valence-electron chi connectivity index (χ0n) is 9.02. The van der Waals surface area contributed by atoms with E-state index in [0.29, 0.717) is 11.6 Å². The summed E-state index contributed by atoms with van der Waals surface area (Å²) < 4.78 is 5.59. The summed E-state index contributed by atoms with van der Waals surface area (Å²) in [5, 5.41) is 9.22. The van der Waals surface area contributed by atoms with Crippen LogP contribution in [0.5, 0.6) is 0 Å². The number of hydrogen-bond donors (Lipinski definition) is 3. The van der Waals surface area contributed by atoms with E-state index in [2.05, 4.69) is 15.5 Å². The molecule has 4 unspecified atom stereocenters. The molecule has 2 fully saturated rings. The van der Waals surface area contributed by atoms with Crippen LogP contribution in [0, 0.1) is 5.92 Å². The molecule has 1 aromatic heterocycles. The van der Waals surface area contributed by atoms with Gasteiger partial charge in [0.1, 0.15) is 5.02 Å². The molecule has 0 amide bonds. The van der Waals surface area contributed by atoms with Gasteiger partial charge in [-0.15, -0.1) is 0 Å². The molecule has 2 aliphatic rings. The second kappa shape index (κ2) is 3.97. The SMILES string of the molecule is NC1C2CCOC2C1Nc1cn[nH]c(=O)c1Cl. The smallest absolute Gasteiger partial charge is 0.285 e. The van der Waals surface area contributed by atoms with Gasteiger partial charge in [0.15, 0.2) is 0 Å². The highest BCUT2D eigenvalue weighted by Gasteiger charge is 2.52. The Morgan fingerprint density at radius 1 is 1.65 bits per heavy atom. The van der Waals surface area contributed by atoms with Crippen molar-refractivity contribution in [2.24, 2.45) is 11.7 Å². The normalized spacial score (nSPS) is 35.2. The van der Waals surface area contributed by atoms with E-state index in [-0.39, 0.29) is 23.2 Å².